The van der Waals surface area contributed by atoms with Crippen LogP contribution in [0.2, 0.25) is 0 Å². The van der Waals surface area contributed by atoms with Gasteiger partial charge in [-0.15, -0.1) is 0 Å². The zero-order chi connectivity index (χ0) is 19.2. The fourth-order valence-electron chi connectivity index (χ4n) is 2.15. The molecule has 0 saturated heterocycles. The van der Waals surface area contributed by atoms with E-state index in [1.54, 1.807) is 43.3 Å². The molecule has 0 saturated carbocycles. The number of hydrogen-bond acceptors (Lipinski definition) is 4. The van der Waals surface area contributed by atoms with Gasteiger partial charge in [0.25, 0.3) is 5.91 Å². The Morgan fingerprint density at radius 3 is 2.23 bits per heavy atom. The van der Waals surface area contributed by atoms with E-state index in [1.807, 2.05) is 12.1 Å². The molecule has 1 amide bonds. The number of carbonyl (C=O) groups is 1. The van der Waals surface area contributed by atoms with Gasteiger partial charge in [0.2, 0.25) is 10.0 Å². The van der Waals surface area contributed by atoms with Crippen LogP contribution in [0.15, 0.2) is 53.0 Å². The molecule has 0 aliphatic heterocycles. The highest BCUT2D eigenvalue weighted by Gasteiger charge is 2.14. The monoisotopic (exact) mass is 440 g/mol. The first-order valence-electron chi connectivity index (χ1n) is 7.98. The van der Waals surface area contributed by atoms with E-state index in [2.05, 4.69) is 26.0 Å². The van der Waals surface area contributed by atoms with Crippen LogP contribution in [0.1, 0.15) is 18.1 Å². The zero-order valence-corrected chi connectivity index (χ0v) is 16.9. The lowest BCUT2D eigenvalue weighted by atomic mass is 10.1. The van der Waals surface area contributed by atoms with Crippen molar-refractivity contribution in [1.29, 1.82) is 0 Å². The van der Waals surface area contributed by atoms with Gasteiger partial charge in [0.15, 0.2) is 6.10 Å². The van der Waals surface area contributed by atoms with Crippen LogP contribution in [-0.4, -0.2) is 27.5 Å². The highest BCUT2D eigenvalue weighted by atomic mass is 79.9. The maximum atomic E-state index is 12.1. The van der Waals surface area contributed by atoms with Crippen LogP contribution in [0.5, 0.6) is 5.75 Å². The smallest absolute Gasteiger partial charge is 0.261 e. The van der Waals surface area contributed by atoms with Gasteiger partial charge >= 0.3 is 0 Å². The number of sulfonamides is 1. The van der Waals surface area contributed by atoms with E-state index in [-0.39, 0.29) is 11.7 Å². The van der Waals surface area contributed by atoms with Gasteiger partial charge in [0.05, 0.1) is 5.75 Å². The third-order valence-corrected chi connectivity index (χ3v) is 5.52. The van der Waals surface area contributed by atoms with Crippen molar-refractivity contribution < 1.29 is 17.9 Å². The van der Waals surface area contributed by atoms with Crippen LogP contribution < -0.4 is 14.8 Å². The number of hydrogen-bond donors (Lipinski definition) is 2. The van der Waals surface area contributed by atoms with E-state index >= 15 is 0 Å². The molecule has 0 radical (unpaired) electrons. The summed E-state index contributed by atoms with van der Waals surface area (Å²) >= 11 is 3.34. The van der Waals surface area contributed by atoms with E-state index in [0.717, 1.165) is 10.0 Å². The molecule has 0 bridgehead atoms. The van der Waals surface area contributed by atoms with Crippen molar-refractivity contribution >= 4 is 31.9 Å². The quantitative estimate of drug-likeness (QED) is 0.660. The normalized spacial score (nSPS) is 12.4. The number of ether oxygens (including phenoxy) is 1. The van der Waals surface area contributed by atoms with Gasteiger partial charge in [0.1, 0.15) is 5.75 Å². The maximum absolute atomic E-state index is 12.1. The fraction of sp³-hybridized carbons (Fsp3) is 0.278. The van der Waals surface area contributed by atoms with Gasteiger partial charge in [-0.1, -0.05) is 40.2 Å². The fourth-order valence-corrected chi connectivity index (χ4v) is 3.19. The van der Waals surface area contributed by atoms with Crippen LogP contribution in [0, 0.1) is 0 Å². The van der Waals surface area contributed by atoms with E-state index in [9.17, 15) is 13.2 Å². The van der Waals surface area contributed by atoms with Gasteiger partial charge in [-0.25, -0.2) is 13.1 Å². The predicted molar refractivity (Wildman–Crippen MR) is 104 cm³/mol. The summed E-state index contributed by atoms with van der Waals surface area (Å²) in [5.74, 6) is 0.314. The van der Waals surface area contributed by atoms with Crippen LogP contribution in [0.25, 0.3) is 0 Å². The first kappa shape index (κ1) is 20.4. The molecular formula is C18H21BrN2O4S. The lowest BCUT2D eigenvalue weighted by Crippen LogP contribution is -2.35. The minimum absolute atomic E-state index is 0.0752. The van der Waals surface area contributed by atoms with E-state index in [4.69, 9.17) is 4.74 Å². The van der Waals surface area contributed by atoms with Crippen molar-refractivity contribution in [1.82, 2.24) is 10.0 Å². The van der Waals surface area contributed by atoms with Crippen molar-refractivity contribution in [2.45, 2.75) is 25.3 Å². The largest absolute Gasteiger partial charge is 0.481 e. The van der Waals surface area contributed by atoms with Crippen LogP contribution in [0.4, 0.5) is 0 Å². The molecule has 0 aromatic heterocycles. The third kappa shape index (κ3) is 6.44. The Morgan fingerprint density at radius 1 is 1.08 bits per heavy atom. The Morgan fingerprint density at radius 2 is 1.65 bits per heavy atom. The minimum atomic E-state index is -3.29. The summed E-state index contributed by atoms with van der Waals surface area (Å²) in [6, 6.07) is 14.3. The van der Waals surface area contributed by atoms with Gasteiger partial charge in [-0.2, -0.15) is 0 Å². The summed E-state index contributed by atoms with van der Waals surface area (Å²) in [6.45, 7) is 2.02. The summed E-state index contributed by atoms with van der Waals surface area (Å²) in [4.78, 5) is 12.1. The van der Waals surface area contributed by atoms with Gasteiger partial charge in [-0.05, 0) is 49.4 Å². The summed E-state index contributed by atoms with van der Waals surface area (Å²) in [7, 11) is -1.91. The average Bonchev–Trinajstić information content (AvgIpc) is 2.62. The summed E-state index contributed by atoms with van der Waals surface area (Å²) in [5, 5.41) is 2.81. The molecule has 1 atom stereocenters. The number of halogens is 1. The highest BCUT2D eigenvalue weighted by Crippen LogP contribution is 2.17. The molecule has 0 aliphatic rings. The van der Waals surface area contributed by atoms with Gasteiger partial charge in [-0.3, -0.25) is 4.79 Å². The molecule has 2 aromatic carbocycles. The van der Waals surface area contributed by atoms with Crippen LogP contribution in [-0.2, 0) is 27.1 Å². The number of carbonyl (C=O) groups excluding carboxylic acids is 1. The Hall–Kier alpha value is -1.90. The zero-order valence-electron chi connectivity index (χ0n) is 14.5. The Balaban J connectivity index is 1.85. The third-order valence-electron chi connectivity index (χ3n) is 3.65. The Labute approximate surface area is 162 Å². The van der Waals surface area contributed by atoms with Crippen molar-refractivity contribution in [3.8, 4) is 5.75 Å². The van der Waals surface area contributed by atoms with Crippen molar-refractivity contribution in [2.75, 3.05) is 7.05 Å². The molecule has 2 N–H and O–H groups in total. The first-order chi connectivity index (χ1) is 12.3. The second kappa shape index (κ2) is 9.16. The number of benzene rings is 2. The molecule has 0 aliphatic carbocycles. The van der Waals surface area contributed by atoms with E-state index in [0.29, 0.717) is 17.9 Å². The standard InChI is InChI=1S/C18H21BrN2O4S/c1-13(25-17-9-7-16(19)8-10-17)18(22)21-11-14-3-5-15(6-4-14)12-26(23,24)20-2/h3-10,13,20H,11-12H2,1-2H3,(H,21,22). The summed E-state index contributed by atoms with van der Waals surface area (Å²) < 4.78 is 31.9. The van der Waals surface area contributed by atoms with E-state index in [1.165, 1.54) is 7.05 Å². The number of nitrogens with one attached hydrogen (secondary N) is 2. The molecule has 8 heteroatoms. The lowest BCUT2D eigenvalue weighted by Gasteiger charge is -2.15. The Kier molecular flexibility index (Phi) is 7.19. The van der Waals surface area contributed by atoms with Crippen molar-refractivity contribution in [3.05, 3.63) is 64.1 Å². The van der Waals surface area contributed by atoms with Gasteiger partial charge in [0, 0.05) is 11.0 Å². The number of amides is 1. The maximum Gasteiger partial charge on any atom is 0.261 e. The van der Waals surface area contributed by atoms with Crippen LogP contribution in [0.3, 0.4) is 0 Å². The molecule has 140 valence electrons. The number of rotatable bonds is 8. The molecular weight excluding hydrogens is 420 g/mol. The molecule has 2 rings (SSSR count). The second-order valence-electron chi connectivity index (χ2n) is 5.71. The second-order valence-corrected chi connectivity index (χ2v) is 8.55. The average molecular weight is 441 g/mol. The molecule has 2 aromatic rings. The SMILES string of the molecule is CNS(=O)(=O)Cc1ccc(CNC(=O)C(C)Oc2ccc(Br)cc2)cc1. The first-order valence-corrected chi connectivity index (χ1v) is 10.4. The summed E-state index contributed by atoms with van der Waals surface area (Å²) in [5.41, 5.74) is 1.56. The van der Waals surface area contributed by atoms with Crippen molar-refractivity contribution in [3.63, 3.8) is 0 Å². The lowest BCUT2D eigenvalue weighted by molar-refractivity contribution is -0.127. The Bertz CT molecular complexity index is 836. The molecule has 0 heterocycles. The van der Waals surface area contributed by atoms with Crippen molar-refractivity contribution in [2.24, 2.45) is 0 Å². The predicted octanol–water partition coefficient (Wildman–Crippen LogP) is 2.58. The molecule has 1 unspecified atom stereocenters. The topological polar surface area (TPSA) is 84.5 Å². The molecule has 26 heavy (non-hydrogen) atoms. The van der Waals surface area contributed by atoms with E-state index < -0.39 is 16.1 Å². The summed E-state index contributed by atoms with van der Waals surface area (Å²) in [6.07, 6.45) is -0.628. The highest BCUT2D eigenvalue weighted by molar-refractivity contribution is 9.10. The molecule has 0 spiro atoms. The minimum Gasteiger partial charge on any atom is -0.481 e. The van der Waals surface area contributed by atoms with Crippen LogP contribution >= 0.6 is 15.9 Å². The van der Waals surface area contributed by atoms with Gasteiger partial charge < -0.3 is 10.1 Å². The molecule has 6 nitrogen and oxygen atoms in total. The molecule has 0 fully saturated rings.